The van der Waals surface area contributed by atoms with Crippen molar-refractivity contribution >= 4 is 40.4 Å². The number of carbonyl (C=O) groups excluding carboxylic acids is 1. The number of thioether (sulfide) groups is 1. The monoisotopic (exact) mass is 371 g/mol. The number of amides is 1. The summed E-state index contributed by atoms with van der Waals surface area (Å²) in [5.41, 5.74) is 1.49. The highest BCUT2D eigenvalue weighted by Gasteiger charge is 2.14. The van der Waals surface area contributed by atoms with Crippen LogP contribution in [0.15, 0.2) is 46.3 Å². The Kier molecular flexibility index (Phi) is 4.98. The van der Waals surface area contributed by atoms with Gasteiger partial charge in [0.25, 0.3) is 5.22 Å². The molecule has 0 atom stereocenters. The molecule has 0 radical (unpaired) electrons. The van der Waals surface area contributed by atoms with Gasteiger partial charge in [0.15, 0.2) is 5.58 Å². The molecule has 3 aromatic rings. The van der Waals surface area contributed by atoms with Crippen LogP contribution in [0.5, 0.6) is 0 Å². The molecule has 3 heterocycles. The van der Waals surface area contributed by atoms with E-state index in [4.69, 9.17) is 9.15 Å². The molecule has 134 valence electrons. The van der Waals surface area contributed by atoms with Gasteiger partial charge >= 0.3 is 0 Å². The minimum Gasteiger partial charge on any atom is -0.431 e. The largest absolute Gasteiger partial charge is 0.431 e. The Hall–Kier alpha value is -2.65. The molecule has 1 aromatic carbocycles. The van der Waals surface area contributed by atoms with Gasteiger partial charge in [-0.2, -0.15) is 0 Å². The van der Waals surface area contributed by atoms with Gasteiger partial charge in [-0.3, -0.25) is 4.79 Å². The van der Waals surface area contributed by atoms with Crippen LogP contribution in [-0.4, -0.2) is 52.9 Å². The van der Waals surface area contributed by atoms with Crippen molar-refractivity contribution in [3.63, 3.8) is 0 Å². The Balaban J connectivity index is 1.35. The molecule has 26 heavy (non-hydrogen) atoms. The molecule has 1 saturated heterocycles. The minimum atomic E-state index is -0.177. The van der Waals surface area contributed by atoms with E-state index in [2.05, 4.69) is 25.2 Å². The van der Waals surface area contributed by atoms with Gasteiger partial charge in [0.05, 0.1) is 19.0 Å². The Labute approximate surface area is 154 Å². The standard InChI is InChI=1S/C17H17N5O3S/c23-16(10-26-17-20-12-3-1-2-4-13(12)25-17)21-14-9-15(19-11-18-14)22-5-7-24-8-6-22/h1-4,9,11H,5-8,10H2,(H,18,19,21,23). The smallest absolute Gasteiger partial charge is 0.257 e. The summed E-state index contributed by atoms with van der Waals surface area (Å²) in [7, 11) is 0. The molecule has 1 N–H and O–H groups in total. The second-order valence-electron chi connectivity index (χ2n) is 5.65. The van der Waals surface area contributed by atoms with Gasteiger partial charge in [-0.25, -0.2) is 15.0 Å². The number of ether oxygens (including phenoxy) is 1. The van der Waals surface area contributed by atoms with Gasteiger partial charge in [0.1, 0.15) is 23.5 Å². The first-order valence-electron chi connectivity index (χ1n) is 8.21. The number of fused-ring (bicyclic) bond motifs is 1. The van der Waals surface area contributed by atoms with Crippen molar-refractivity contribution < 1.29 is 13.9 Å². The van der Waals surface area contributed by atoms with E-state index in [0.717, 1.165) is 24.4 Å². The van der Waals surface area contributed by atoms with Crippen molar-refractivity contribution in [1.82, 2.24) is 15.0 Å². The minimum absolute atomic E-state index is 0.177. The fourth-order valence-corrected chi connectivity index (χ4v) is 3.24. The quantitative estimate of drug-likeness (QED) is 0.682. The second-order valence-corrected chi connectivity index (χ2v) is 6.57. The lowest BCUT2D eigenvalue weighted by atomic mass is 10.3. The van der Waals surface area contributed by atoms with Gasteiger partial charge in [0.2, 0.25) is 5.91 Å². The van der Waals surface area contributed by atoms with E-state index >= 15 is 0 Å². The fraction of sp³-hybridized carbons (Fsp3) is 0.294. The number of carbonyl (C=O) groups is 1. The van der Waals surface area contributed by atoms with E-state index in [0.29, 0.717) is 29.8 Å². The number of aromatic nitrogens is 3. The number of anilines is 2. The third kappa shape index (κ3) is 3.94. The Bertz CT molecular complexity index is 877. The third-order valence-corrected chi connectivity index (χ3v) is 4.68. The Morgan fingerprint density at radius 3 is 2.92 bits per heavy atom. The summed E-state index contributed by atoms with van der Waals surface area (Å²) < 4.78 is 10.9. The van der Waals surface area contributed by atoms with Crippen LogP contribution in [0.25, 0.3) is 11.1 Å². The maximum atomic E-state index is 12.2. The van der Waals surface area contributed by atoms with Crippen LogP contribution in [0.4, 0.5) is 11.6 Å². The van der Waals surface area contributed by atoms with Crippen LogP contribution >= 0.6 is 11.8 Å². The highest BCUT2D eigenvalue weighted by atomic mass is 32.2. The molecule has 1 amide bonds. The number of oxazole rings is 1. The summed E-state index contributed by atoms with van der Waals surface area (Å²) in [4.78, 5) is 27.0. The molecule has 4 rings (SSSR count). The molecule has 0 aliphatic carbocycles. The lowest BCUT2D eigenvalue weighted by molar-refractivity contribution is -0.113. The lowest BCUT2D eigenvalue weighted by Gasteiger charge is -2.27. The number of rotatable bonds is 5. The molecule has 9 heteroatoms. The molecule has 8 nitrogen and oxygen atoms in total. The van der Waals surface area contributed by atoms with Crippen molar-refractivity contribution in [2.24, 2.45) is 0 Å². The average Bonchev–Trinajstić information content (AvgIpc) is 3.10. The summed E-state index contributed by atoms with van der Waals surface area (Å²) in [5.74, 6) is 1.27. The van der Waals surface area contributed by atoms with E-state index in [1.165, 1.54) is 18.1 Å². The molecular weight excluding hydrogens is 354 g/mol. The van der Waals surface area contributed by atoms with E-state index in [1.54, 1.807) is 6.07 Å². The summed E-state index contributed by atoms with van der Waals surface area (Å²) in [6, 6.07) is 9.27. The van der Waals surface area contributed by atoms with E-state index < -0.39 is 0 Å². The topological polar surface area (TPSA) is 93.4 Å². The summed E-state index contributed by atoms with van der Waals surface area (Å²) in [6.45, 7) is 2.90. The zero-order chi connectivity index (χ0) is 17.8. The number of hydrogen-bond donors (Lipinski definition) is 1. The molecule has 2 aromatic heterocycles. The van der Waals surface area contributed by atoms with Crippen LogP contribution in [0.1, 0.15) is 0 Å². The van der Waals surface area contributed by atoms with E-state index in [-0.39, 0.29) is 11.7 Å². The van der Waals surface area contributed by atoms with Gasteiger partial charge in [-0.1, -0.05) is 23.9 Å². The van der Waals surface area contributed by atoms with Crippen molar-refractivity contribution in [3.05, 3.63) is 36.7 Å². The summed E-state index contributed by atoms with van der Waals surface area (Å²) in [5, 5.41) is 3.26. The molecule has 0 bridgehead atoms. The molecular formula is C17H17N5O3S. The maximum Gasteiger partial charge on any atom is 0.257 e. The maximum absolute atomic E-state index is 12.2. The van der Waals surface area contributed by atoms with Crippen molar-refractivity contribution in [2.45, 2.75) is 5.22 Å². The van der Waals surface area contributed by atoms with Gasteiger partial charge in [0, 0.05) is 19.2 Å². The van der Waals surface area contributed by atoms with Crippen LogP contribution in [0.3, 0.4) is 0 Å². The predicted octanol–water partition coefficient (Wildman–Crippen LogP) is 2.19. The number of morpholine rings is 1. The van der Waals surface area contributed by atoms with Gasteiger partial charge in [-0.05, 0) is 12.1 Å². The molecule has 1 fully saturated rings. The van der Waals surface area contributed by atoms with Gasteiger partial charge < -0.3 is 19.4 Å². The summed E-state index contributed by atoms with van der Waals surface area (Å²) >= 11 is 1.25. The third-order valence-electron chi connectivity index (χ3n) is 3.86. The highest BCUT2D eigenvalue weighted by Crippen LogP contribution is 2.23. The van der Waals surface area contributed by atoms with Gasteiger partial charge in [-0.15, -0.1) is 0 Å². The SMILES string of the molecule is O=C(CSc1nc2ccccc2o1)Nc1cc(N2CCOCC2)ncn1. The van der Waals surface area contributed by atoms with Crippen LogP contribution in [-0.2, 0) is 9.53 Å². The van der Waals surface area contributed by atoms with Crippen LogP contribution in [0, 0.1) is 0 Å². The first-order valence-corrected chi connectivity index (χ1v) is 9.19. The first kappa shape index (κ1) is 16.8. The van der Waals surface area contributed by atoms with Crippen molar-refractivity contribution in [2.75, 3.05) is 42.3 Å². The van der Waals surface area contributed by atoms with Crippen LogP contribution < -0.4 is 10.2 Å². The zero-order valence-electron chi connectivity index (χ0n) is 13.9. The zero-order valence-corrected chi connectivity index (χ0v) is 14.7. The molecule has 1 aliphatic heterocycles. The fourth-order valence-electron chi connectivity index (χ4n) is 2.60. The molecule has 0 spiro atoms. The number of nitrogens with zero attached hydrogens (tertiary/aromatic N) is 4. The lowest BCUT2D eigenvalue weighted by Crippen LogP contribution is -2.36. The number of hydrogen-bond acceptors (Lipinski definition) is 8. The van der Waals surface area contributed by atoms with Crippen molar-refractivity contribution in [1.29, 1.82) is 0 Å². The second kappa shape index (κ2) is 7.71. The van der Waals surface area contributed by atoms with Crippen LogP contribution in [0.2, 0.25) is 0 Å². The normalized spacial score (nSPS) is 14.5. The highest BCUT2D eigenvalue weighted by molar-refractivity contribution is 7.99. The number of nitrogens with one attached hydrogen (secondary N) is 1. The van der Waals surface area contributed by atoms with E-state index in [1.807, 2.05) is 24.3 Å². The Morgan fingerprint density at radius 1 is 1.23 bits per heavy atom. The average molecular weight is 371 g/mol. The predicted molar refractivity (Wildman–Crippen MR) is 98.4 cm³/mol. The molecule has 0 saturated carbocycles. The summed E-state index contributed by atoms with van der Waals surface area (Å²) in [6.07, 6.45) is 1.45. The molecule has 1 aliphatic rings. The Morgan fingerprint density at radius 2 is 2.08 bits per heavy atom. The number of para-hydroxylation sites is 2. The first-order chi connectivity index (χ1) is 12.8. The van der Waals surface area contributed by atoms with E-state index in [9.17, 15) is 4.79 Å². The molecule has 0 unspecified atom stereocenters. The van der Waals surface area contributed by atoms with Crippen molar-refractivity contribution in [3.8, 4) is 0 Å². The number of benzene rings is 1.